The highest BCUT2D eigenvalue weighted by molar-refractivity contribution is 7.95. The van der Waals surface area contributed by atoms with Crippen molar-refractivity contribution in [1.29, 1.82) is 0 Å². The van der Waals surface area contributed by atoms with Crippen molar-refractivity contribution in [3.63, 3.8) is 0 Å². The van der Waals surface area contributed by atoms with Gasteiger partial charge in [-0.1, -0.05) is 6.92 Å². The predicted octanol–water partition coefficient (Wildman–Crippen LogP) is -0.654. The van der Waals surface area contributed by atoms with Crippen molar-refractivity contribution in [2.45, 2.75) is 37.5 Å². The van der Waals surface area contributed by atoms with Gasteiger partial charge >= 0.3 is 5.97 Å². The van der Waals surface area contributed by atoms with Gasteiger partial charge in [0, 0.05) is 0 Å². The van der Waals surface area contributed by atoms with Gasteiger partial charge in [-0.2, -0.15) is 4.72 Å². The monoisotopic (exact) mass is 299 g/mol. The van der Waals surface area contributed by atoms with Crippen LogP contribution in [-0.4, -0.2) is 50.2 Å². The minimum Gasteiger partial charge on any atom is -0.480 e. The SMILES string of the molecule is CCC(C)(NS(=O)(=O)C1CCS(=O)(=O)C1)C(=O)O. The Morgan fingerprint density at radius 2 is 2.06 bits per heavy atom. The van der Waals surface area contributed by atoms with Gasteiger partial charge in [-0.05, 0) is 19.8 Å². The molecule has 0 bridgehead atoms. The van der Waals surface area contributed by atoms with Gasteiger partial charge in [0.1, 0.15) is 5.54 Å². The minimum absolute atomic E-state index is 0.0110. The Kier molecular flexibility index (Phi) is 4.09. The van der Waals surface area contributed by atoms with E-state index in [0.29, 0.717) is 0 Å². The van der Waals surface area contributed by atoms with Gasteiger partial charge in [-0.25, -0.2) is 16.8 Å². The quantitative estimate of drug-likeness (QED) is 0.696. The number of nitrogens with one attached hydrogen (secondary N) is 1. The van der Waals surface area contributed by atoms with E-state index in [1.807, 2.05) is 0 Å². The molecule has 2 atom stereocenters. The molecule has 0 aromatic heterocycles. The zero-order valence-corrected chi connectivity index (χ0v) is 11.8. The maximum Gasteiger partial charge on any atom is 0.324 e. The fourth-order valence-electron chi connectivity index (χ4n) is 1.67. The maximum absolute atomic E-state index is 12.0. The smallest absolute Gasteiger partial charge is 0.324 e. The van der Waals surface area contributed by atoms with Gasteiger partial charge in [-0.15, -0.1) is 0 Å². The van der Waals surface area contributed by atoms with Crippen LogP contribution >= 0.6 is 0 Å². The lowest BCUT2D eigenvalue weighted by molar-refractivity contribution is -0.143. The van der Waals surface area contributed by atoms with Crippen molar-refractivity contribution in [2.75, 3.05) is 11.5 Å². The molecule has 9 heteroatoms. The molecule has 0 radical (unpaired) electrons. The zero-order valence-electron chi connectivity index (χ0n) is 10.2. The number of carboxylic acids is 1. The molecule has 1 saturated heterocycles. The highest BCUT2D eigenvalue weighted by Gasteiger charge is 2.42. The van der Waals surface area contributed by atoms with Crippen LogP contribution in [-0.2, 0) is 24.7 Å². The molecule has 7 nitrogen and oxygen atoms in total. The van der Waals surface area contributed by atoms with Crippen LogP contribution in [0.3, 0.4) is 0 Å². The topological polar surface area (TPSA) is 118 Å². The molecule has 2 unspecified atom stereocenters. The maximum atomic E-state index is 12.0. The number of hydrogen-bond acceptors (Lipinski definition) is 5. The van der Waals surface area contributed by atoms with E-state index in [-0.39, 0.29) is 18.6 Å². The molecule has 0 saturated carbocycles. The first-order valence-electron chi connectivity index (χ1n) is 5.49. The highest BCUT2D eigenvalue weighted by atomic mass is 32.2. The summed E-state index contributed by atoms with van der Waals surface area (Å²) in [6.07, 6.45) is 0.0815. The molecule has 1 aliphatic rings. The van der Waals surface area contributed by atoms with Gasteiger partial charge in [0.05, 0.1) is 16.8 Å². The number of aliphatic carboxylic acids is 1. The van der Waals surface area contributed by atoms with Crippen molar-refractivity contribution in [2.24, 2.45) is 0 Å². The number of sulfonamides is 1. The third-order valence-electron chi connectivity index (χ3n) is 3.18. The lowest BCUT2D eigenvalue weighted by atomic mass is 10.0. The Bertz CT molecular complexity index is 537. The number of carbonyl (C=O) groups is 1. The molecular formula is C9H17NO6S2. The Balaban J connectivity index is 2.93. The summed E-state index contributed by atoms with van der Waals surface area (Å²) in [5, 5.41) is 7.93. The summed E-state index contributed by atoms with van der Waals surface area (Å²) >= 11 is 0. The van der Waals surface area contributed by atoms with Crippen molar-refractivity contribution < 1.29 is 26.7 Å². The summed E-state index contributed by atoms with van der Waals surface area (Å²) in [4.78, 5) is 11.0. The van der Waals surface area contributed by atoms with Crippen LogP contribution in [0.5, 0.6) is 0 Å². The largest absolute Gasteiger partial charge is 0.480 e. The van der Waals surface area contributed by atoms with Gasteiger partial charge < -0.3 is 5.11 Å². The number of hydrogen-bond donors (Lipinski definition) is 2. The van der Waals surface area contributed by atoms with Crippen molar-refractivity contribution in [3.05, 3.63) is 0 Å². The molecule has 0 spiro atoms. The molecule has 1 fully saturated rings. The van der Waals surface area contributed by atoms with E-state index in [0.717, 1.165) is 0 Å². The van der Waals surface area contributed by atoms with Crippen molar-refractivity contribution in [3.8, 4) is 0 Å². The minimum atomic E-state index is -3.96. The Morgan fingerprint density at radius 3 is 2.39 bits per heavy atom. The molecule has 0 aromatic rings. The van der Waals surface area contributed by atoms with Gasteiger partial charge in [-0.3, -0.25) is 4.79 Å². The number of sulfone groups is 1. The molecule has 106 valence electrons. The van der Waals surface area contributed by atoms with Crippen LogP contribution in [0.2, 0.25) is 0 Å². The van der Waals surface area contributed by atoms with E-state index < -0.39 is 42.4 Å². The molecule has 2 N–H and O–H groups in total. The van der Waals surface area contributed by atoms with Gasteiger partial charge in [0.15, 0.2) is 9.84 Å². The first-order valence-corrected chi connectivity index (χ1v) is 8.86. The van der Waals surface area contributed by atoms with E-state index in [1.165, 1.54) is 6.92 Å². The molecule has 18 heavy (non-hydrogen) atoms. The molecule has 1 rings (SSSR count). The van der Waals surface area contributed by atoms with E-state index in [2.05, 4.69) is 4.72 Å². The van der Waals surface area contributed by atoms with E-state index in [9.17, 15) is 21.6 Å². The van der Waals surface area contributed by atoms with Crippen LogP contribution in [0.1, 0.15) is 26.7 Å². The van der Waals surface area contributed by atoms with Crippen molar-refractivity contribution >= 4 is 25.8 Å². The second kappa shape index (κ2) is 4.78. The van der Waals surface area contributed by atoms with Crippen LogP contribution in [0, 0.1) is 0 Å². The average molecular weight is 299 g/mol. The number of carboxylic acid groups (broad SMARTS) is 1. The Morgan fingerprint density at radius 1 is 1.50 bits per heavy atom. The van der Waals surface area contributed by atoms with Gasteiger partial charge in [0.2, 0.25) is 10.0 Å². The second-order valence-corrected chi connectivity index (χ2v) is 8.85. The standard InChI is InChI=1S/C9H17NO6S2/c1-3-9(2,8(11)12)10-18(15,16)7-4-5-17(13,14)6-7/h7,10H,3-6H2,1-2H3,(H,11,12). The second-order valence-electron chi connectivity index (χ2n) is 4.66. The average Bonchev–Trinajstić information content (AvgIpc) is 2.58. The summed E-state index contributed by atoms with van der Waals surface area (Å²) in [5.74, 6) is -1.90. The Labute approximate surface area is 107 Å². The van der Waals surface area contributed by atoms with Crippen LogP contribution in [0.4, 0.5) is 0 Å². The highest BCUT2D eigenvalue weighted by Crippen LogP contribution is 2.21. The molecule has 0 aliphatic carbocycles. The first kappa shape index (κ1) is 15.4. The van der Waals surface area contributed by atoms with E-state index >= 15 is 0 Å². The lowest BCUT2D eigenvalue weighted by Gasteiger charge is -2.25. The number of rotatable bonds is 5. The fourth-order valence-corrected chi connectivity index (χ4v) is 6.16. The van der Waals surface area contributed by atoms with Crippen LogP contribution in [0.15, 0.2) is 0 Å². The third kappa shape index (κ3) is 3.21. The summed E-state index contributed by atoms with van der Waals surface area (Å²) in [7, 11) is -7.28. The molecule has 0 amide bonds. The van der Waals surface area contributed by atoms with Crippen LogP contribution in [0.25, 0.3) is 0 Å². The molecular weight excluding hydrogens is 282 g/mol. The van der Waals surface area contributed by atoms with Crippen LogP contribution < -0.4 is 4.72 Å². The van der Waals surface area contributed by atoms with E-state index in [1.54, 1.807) is 6.92 Å². The van der Waals surface area contributed by atoms with E-state index in [4.69, 9.17) is 5.11 Å². The summed E-state index contributed by atoms with van der Waals surface area (Å²) in [6, 6.07) is 0. The first-order chi connectivity index (χ1) is 8.02. The van der Waals surface area contributed by atoms with Gasteiger partial charge in [0.25, 0.3) is 0 Å². The molecule has 0 aromatic carbocycles. The Hall–Kier alpha value is -0.670. The summed E-state index contributed by atoms with van der Waals surface area (Å²) in [6.45, 7) is 2.80. The fraction of sp³-hybridized carbons (Fsp3) is 0.889. The third-order valence-corrected chi connectivity index (χ3v) is 7.17. The molecule has 1 heterocycles. The normalized spacial score (nSPS) is 26.7. The summed E-state index contributed by atoms with van der Waals surface area (Å²) < 4.78 is 48.5. The zero-order chi connectivity index (χ0) is 14.2. The predicted molar refractivity (Wildman–Crippen MR) is 65.4 cm³/mol. The molecule has 1 aliphatic heterocycles. The van der Waals surface area contributed by atoms with Crippen molar-refractivity contribution in [1.82, 2.24) is 4.72 Å². The summed E-state index contributed by atoms with van der Waals surface area (Å²) in [5.41, 5.74) is -1.61. The lowest BCUT2D eigenvalue weighted by Crippen LogP contribution is -2.54.